The van der Waals surface area contributed by atoms with Gasteiger partial charge in [-0.1, -0.05) is 37.6 Å². The molecule has 8 heteroatoms. The van der Waals surface area contributed by atoms with Crippen molar-refractivity contribution in [3.8, 4) is 5.75 Å². The van der Waals surface area contributed by atoms with Crippen molar-refractivity contribution in [1.82, 2.24) is 10.0 Å². The lowest BCUT2D eigenvalue weighted by Gasteiger charge is -2.10. The summed E-state index contributed by atoms with van der Waals surface area (Å²) in [5, 5.41) is 3.52. The third kappa shape index (κ3) is 3.74. The molecule has 0 spiro atoms. The fraction of sp³-hybridized carbons (Fsp3) is 0.350. The number of carbonyl (C=O) groups excluding carboxylic acids is 1. The van der Waals surface area contributed by atoms with Crippen LogP contribution in [0.25, 0.3) is 0 Å². The van der Waals surface area contributed by atoms with Crippen LogP contribution in [0.1, 0.15) is 35.7 Å². The van der Waals surface area contributed by atoms with Crippen LogP contribution in [0.2, 0.25) is 5.02 Å². The quantitative estimate of drug-likeness (QED) is 0.748. The molecule has 2 atom stereocenters. The molecule has 1 saturated carbocycles. The van der Waals surface area contributed by atoms with E-state index in [0.29, 0.717) is 16.3 Å². The molecule has 1 aliphatic carbocycles. The predicted octanol–water partition coefficient (Wildman–Crippen LogP) is 3.18. The fourth-order valence-electron chi connectivity index (χ4n) is 3.58. The van der Waals surface area contributed by atoms with Crippen molar-refractivity contribution in [3.63, 3.8) is 0 Å². The highest BCUT2D eigenvalue weighted by atomic mass is 35.5. The Morgan fingerprint density at radius 2 is 1.79 bits per heavy atom. The summed E-state index contributed by atoms with van der Waals surface area (Å²) in [6, 6.07) is 11.6. The van der Waals surface area contributed by atoms with Gasteiger partial charge in [0.15, 0.2) is 0 Å². The van der Waals surface area contributed by atoms with E-state index in [1.165, 1.54) is 14.2 Å². The van der Waals surface area contributed by atoms with Crippen LogP contribution in [0.15, 0.2) is 47.4 Å². The molecule has 0 bridgehead atoms. The minimum atomic E-state index is -3.48. The van der Waals surface area contributed by atoms with E-state index in [4.69, 9.17) is 16.3 Å². The van der Waals surface area contributed by atoms with Crippen LogP contribution in [-0.4, -0.2) is 34.5 Å². The van der Waals surface area contributed by atoms with Crippen molar-refractivity contribution in [2.45, 2.75) is 30.7 Å². The molecule has 0 aliphatic heterocycles. The van der Waals surface area contributed by atoms with Gasteiger partial charge in [-0.2, -0.15) is 0 Å². The van der Waals surface area contributed by atoms with Crippen LogP contribution in [0.4, 0.5) is 0 Å². The van der Waals surface area contributed by atoms with Gasteiger partial charge in [-0.15, -0.1) is 0 Å². The second-order valence-corrected chi connectivity index (χ2v) is 9.69. The molecule has 2 aromatic rings. The number of sulfonamides is 1. The minimum Gasteiger partial charge on any atom is -0.496 e. The summed E-state index contributed by atoms with van der Waals surface area (Å²) in [4.78, 5) is 13.0. The van der Waals surface area contributed by atoms with Crippen LogP contribution in [-0.2, 0) is 10.0 Å². The average molecular weight is 423 g/mol. The molecule has 6 nitrogen and oxygen atoms in total. The molecule has 1 aliphatic rings. The average Bonchev–Trinajstić information content (AvgIpc) is 3.21. The Balaban J connectivity index is 1.80. The number of halogens is 1. The lowest BCUT2D eigenvalue weighted by Crippen LogP contribution is -2.29. The third-order valence-corrected chi connectivity index (χ3v) is 7.00. The van der Waals surface area contributed by atoms with E-state index in [-0.39, 0.29) is 28.2 Å². The molecule has 0 radical (unpaired) electrons. The summed E-state index contributed by atoms with van der Waals surface area (Å²) in [7, 11) is -0.593. The summed E-state index contributed by atoms with van der Waals surface area (Å²) < 4.78 is 31.3. The molecule has 0 heterocycles. The molecule has 1 amide bonds. The lowest BCUT2D eigenvalue weighted by molar-refractivity contribution is 0.0943. The number of ether oxygens (including phenoxy) is 1. The second-order valence-electron chi connectivity index (χ2n) is 7.37. The van der Waals surface area contributed by atoms with Crippen LogP contribution in [0.3, 0.4) is 0 Å². The summed E-state index contributed by atoms with van der Waals surface area (Å²) in [5.41, 5.74) is 1.19. The standard InChI is InChI=1S/C20H23ClN2O4S/c1-20(2)17(12-5-8-14(9-6-12)28(25,26)22-3)18(20)23-19(24)15-11-13(21)7-10-16(15)27-4/h5-11,17-18,22H,1-4H3,(H,23,24)/t17-,18+/m1/s1. The number of carbonyl (C=O) groups is 1. The van der Waals surface area contributed by atoms with Gasteiger partial charge >= 0.3 is 0 Å². The van der Waals surface area contributed by atoms with Crippen molar-refractivity contribution in [3.05, 3.63) is 58.6 Å². The van der Waals surface area contributed by atoms with Crippen LogP contribution < -0.4 is 14.8 Å². The Hall–Kier alpha value is -2.09. The SMILES string of the molecule is CNS(=O)(=O)c1ccc([C@@H]2[C@H](NC(=O)c3cc(Cl)ccc3OC)C2(C)C)cc1. The van der Waals surface area contributed by atoms with Gasteiger partial charge in [0, 0.05) is 17.0 Å². The number of methoxy groups -OCH3 is 1. The maximum Gasteiger partial charge on any atom is 0.255 e. The molecule has 2 N–H and O–H groups in total. The fourth-order valence-corrected chi connectivity index (χ4v) is 4.48. The molecule has 150 valence electrons. The number of benzene rings is 2. The number of rotatable bonds is 6. The molecular formula is C20H23ClN2O4S. The normalized spacial score (nSPS) is 20.5. The molecule has 0 unspecified atom stereocenters. The molecule has 3 rings (SSSR count). The van der Waals surface area contributed by atoms with E-state index in [1.807, 2.05) is 0 Å². The van der Waals surface area contributed by atoms with Crippen molar-refractivity contribution in [2.75, 3.05) is 14.2 Å². The third-order valence-electron chi connectivity index (χ3n) is 5.34. The molecular weight excluding hydrogens is 400 g/mol. The molecule has 1 fully saturated rings. The van der Waals surface area contributed by atoms with Gasteiger partial charge in [0.1, 0.15) is 5.75 Å². The zero-order valence-electron chi connectivity index (χ0n) is 16.1. The Kier molecular flexibility index (Phi) is 5.44. The van der Waals surface area contributed by atoms with E-state index < -0.39 is 10.0 Å². The first-order valence-electron chi connectivity index (χ1n) is 8.79. The number of hydrogen-bond acceptors (Lipinski definition) is 4. The minimum absolute atomic E-state index is 0.0768. The van der Waals surface area contributed by atoms with Gasteiger partial charge in [-0.3, -0.25) is 4.79 Å². The van der Waals surface area contributed by atoms with E-state index >= 15 is 0 Å². The summed E-state index contributed by atoms with van der Waals surface area (Å²) in [5.74, 6) is 0.279. The van der Waals surface area contributed by atoms with Crippen LogP contribution in [0, 0.1) is 5.41 Å². The van der Waals surface area contributed by atoms with Crippen molar-refractivity contribution >= 4 is 27.5 Å². The predicted molar refractivity (Wildman–Crippen MR) is 108 cm³/mol. The Morgan fingerprint density at radius 1 is 1.14 bits per heavy atom. The summed E-state index contributed by atoms with van der Waals surface area (Å²) in [6.45, 7) is 4.13. The lowest BCUT2D eigenvalue weighted by atomic mass is 10.0. The maximum atomic E-state index is 12.8. The van der Waals surface area contributed by atoms with Gasteiger partial charge in [0.25, 0.3) is 5.91 Å². The van der Waals surface area contributed by atoms with E-state index in [1.54, 1.807) is 42.5 Å². The number of amides is 1. The molecule has 0 saturated heterocycles. The zero-order chi connectivity index (χ0) is 20.7. The smallest absolute Gasteiger partial charge is 0.255 e. The monoisotopic (exact) mass is 422 g/mol. The van der Waals surface area contributed by atoms with Gasteiger partial charge in [-0.05, 0) is 48.4 Å². The first-order valence-corrected chi connectivity index (χ1v) is 10.7. The highest BCUT2D eigenvalue weighted by Gasteiger charge is 2.59. The molecule has 28 heavy (non-hydrogen) atoms. The van der Waals surface area contributed by atoms with Crippen LogP contribution >= 0.6 is 11.6 Å². The highest BCUT2D eigenvalue weighted by molar-refractivity contribution is 7.89. The van der Waals surface area contributed by atoms with Gasteiger partial charge in [0.05, 0.1) is 17.6 Å². The summed E-state index contributed by atoms with van der Waals surface area (Å²) >= 11 is 6.02. The largest absolute Gasteiger partial charge is 0.496 e. The van der Waals surface area contributed by atoms with Crippen LogP contribution in [0.5, 0.6) is 5.75 Å². The number of nitrogens with one attached hydrogen (secondary N) is 2. The van der Waals surface area contributed by atoms with E-state index in [2.05, 4.69) is 23.9 Å². The van der Waals surface area contributed by atoms with Gasteiger partial charge in [-0.25, -0.2) is 13.1 Å². The van der Waals surface area contributed by atoms with Crippen molar-refractivity contribution in [2.24, 2.45) is 5.41 Å². The maximum absolute atomic E-state index is 12.8. The molecule has 2 aromatic carbocycles. The Labute approximate surface area is 170 Å². The second kappa shape index (κ2) is 7.39. The number of hydrogen-bond donors (Lipinski definition) is 2. The van der Waals surface area contributed by atoms with Crippen molar-refractivity contribution in [1.29, 1.82) is 0 Å². The van der Waals surface area contributed by atoms with E-state index in [9.17, 15) is 13.2 Å². The first kappa shape index (κ1) is 20.6. The zero-order valence-corrected chi connectivity index (χ0v) is 17.7. The van der Waals surface area contributed by atoms with E-state index in [0.717, 1.165) is 5.56 Å². The summed E-state index contributed by atoms with van der Waals surface area (Å²) in [6.07, 6.45) is 0. The first-order chi connectivity index (χ1) is 13.1. The molecule has 0 aromatic heterocycles. The van der Waals surface area contributed by atoms with Crippen molar-refractivity contribution < 1.29 is 17.9 Å². The van der Waals surface area contributed by atoms with Gasteiger partial charge in [0.2, 0.25) is 10.0 Å². The Bertz CT molecular complexity index is 1000. The Morgan fingerprint density at radius 3 is 2.36 bits per heavy atom. The highest BCUT2D eigenvalue weighted by Crippen LogP contribution is 2.58. The van der Waals surface area contributed by atoms with Gasteiger partial charge < -0.3 is 10.1 Å². The topological polar surface area (TPSA) is 84.5 Å².